The lowest BCUT2D eigenvalue weighted by Crippen LogP contribution is -2.50. The monoisotopic (exact) mass is 264 g/mol. The van der Waals surface area contributed by atoms with E-state index in [1.807, 2.05) is 12.1 Å². The van der Waals surface area contributed by atoms with Crippen LogP contribution in [-0.4, -0.2) is 30.1 Å². The molecule has 2 rings (SSSR count). The highest BCUT2D eigenvalue weighted by molar-refractivity contribution is 5.17. The van der Waals surface area contributed by atoms with Crippen molar-refractivity contribution in [2.45, 2.75) is 45.2 Å². The molecule has 1 fully saturated rings. The van der Waals surface area contributed by atoms with E-state index in [4.69, 9.17) is 5.73 Å². The molecule has 3 atom stereocenters. The normalized spacial score (nSPS) is 26.3. The largest absolute Gasteiger partial charge is 0.329 e. The van der Waals surface area contributed by atoms with Crippen LogP contribution < -0.4 is 5.73 Å². The minimum absolute atomic E-state index is 0.164. The third-order valence-corrected chi connectivity index (χ3v) is 4.31. The molecule has 0 spiro atoms. The summed E-state index contributed by atoms with van der Waals surface area (Å²) in [5.74, 6) is 0.617. The van der Waals surface area contributed by atoms with E-state index >= 15 is 0 Å². The van der Waals surface area contributed by atoms with Crippen LogP contribution in [0.25, 0.3) is 0 Å². The summed E-state index contributed by atoms with van der Waals surface area (Å²) in [4.78, 5) is 2.53. The lowest BCUT2D eigenvalue weighted by Gasteiger charge is -2.41. The van der Waals surface area contributed by atoms with Crippen LogP contribution in [0.2, 0.25) is 0 Å². The lowest BCUT2D eigenvalue weighted by atomic mass is 9.90. The number of hydrogen-bond donors (Lipinski definition) is 1. The van der Waals surface area contributed by atoms with E-state index in [1.165, 1.54) is 18.4 Å². The van der Waals surface area contributed by atoms with Gasteiger partial charge in [0.15, 0.2) is 0 Å². The Balaban J connectivity index is 1.98. The van der Waals surface area contributed by atoms with E-state index in [9.17, 15) is 4.39 Å². The fourth-order valence-electron chi connectivity index (χ4n) is 3.16. The highest BCUT2D eigenvalue weighted by Crippen LogP contribution is 2.25. The Bertz CT molecular complexity index is 390. The van der Waals surface area contributed by atoms with Crippen molar-refractivity contribution in [3.05, 3.63) is 35.6 Å². The van der Waals surface area contributed by atoms with Crippen molar-refractivity contribution in [3.63, 3.8) is 0 Å². The standard InChI is InChI=1S/C16H25FN2/c1-12-7-8-19(16(9-12)11-18)13(2)10-14-3-5-15(17)6-4-14/h3-6,12-13,16H,7-11,18H2,1-2H3. The van der Waals surface area contributed by atoms with Crippen molar-refractivity contribution in [2.24, 2.45) is 11.7 Å². The quantitative estimate of drug-likeness (QED) is 0.906. The molecule has 106 valence electrons. The predicted molar refractivity (Wildman–Crippen MR) is 77.5 cm³/mol. The first kappa shape index (κ1) is 14.5. The first-order valence-electron chi connectivity index (χ1n) is 7.30. The molecule has 3 unspecified atom stereocenters. The summed E-state index contributed by atoms with van der Waals surface area (Å²) < 4.78 is 12.9. The third-order valence-electron chi connectivity index (χ3n) is 4.31. The van der Waals surface area contributed by atoms with Crippen LogP contribution in [0, 0.1) is 11.7 Å². The third kappa shape index (κ3) is 3.77. The molecular formula is C16H25FN2. The molecule has 0 amide bonds. The second-order valence-electron chi connectivity index (χ2n) is 5.94. The van der Waals surface area contributed by atoms with Gasteiger partial charge in [0.1, 0.15) is 5.82 Å². The maximum atomic E-state index is 12.9. The summed E-state index contributed by atoms with van der Waals surface area (Å²) in [5.41, 5.74) is 7.11. The molecule has 1 aliphatic heterocycles. The SMILES string of the molecule is CC1CCN(C(C)Cc2ccc(F)cc2)C(CN)C1. The minimum atomic E-state index is -0.164. The van der Waals surface area contributed by atoms with Gasteiger partial charge in [-0.15, -0.1) is 0 Å². The van der Waals surface area contributed by atoms with Gasteiger partial charge in [-0.2, -0.15) is 0 Å². The van der Waals surface area contributed by atoms with Crippen molar-refractivity contribution in [2.75, 3.05) is 13.1 Å². The molecule has 1 aliphatic rings. The summed E-state index contributed by atoms with van der Waals surface area (Å²) in [5, 5.41) is 0. The number of hydrogen-bond acceptors (Lipinski definition) is 2. The van der Waals surface area contributed by atoms with Gasteiger partial charge in [-0.1, -0.05) is 19.1 Å². The summed E-state index contributed by atoms with van der Waals surface area (Å²) in [6.07, 6.45) is 3.42. The molecule has 0 radical (unpaired) electrons. The van der Waals surface area contributed by atoms with Gasteiger partial charge in [-0.05, 0) is 56.3 Å². The Hall–Kier alpha value is -0.930. The molecule has 19 heavy (non-hydrogen) atoms. The predicted octanol–water partition coefficient (Wildman–Crippen LogP) is 2.82. The Morgan fingerprint density at radius 2 is 2.05 bits per heavy atom. The average molecular weight is 264 g/mol. The van der Waals surface area contributed by atoms with E-state index in [-0.39, 0.29) is 5.82 Å². The fourth-order valence-corrected chi connectivity index (χ4v) is 3.16. The van der Waals surface area contributed by atoms with Gasteiger partial charge >= 0.3 is 0 Å². The number of benzene rings is 1. The van der Waals surface area contributed by atoms with Gasteiger partial charge in [-0.3, -0.25) is 4.90 Å². The molecule has 0 aliphatic carbocycles. The Kier molecular flexibility index (Phi) is 4.94. The molecule has 1 aromatic carbocycles. The van der Waals surface area contributed by atoms with E-state index in [1.54, 1.807) is 12.1 Å². The van der Waals surface area contributed by atoms with Crippen molar-refractivity contribution in [1.82, 2.24) is 4.90 Å². The number of nitrogens with two attached hydrogens (primary N) is 1. The molecule has 1 saturated heterocycles. The first-order chi connectivity index (χ1) is 9.10. The maximum absolute atomic E-state index is 12.9. The highest BCUT2D eigenvalue weighted by atomic mass is 19.1. The first-order valence-corrected chi connectivity index (χ1v) is 7.30. The minimum Gasteiger partial charge on any atom is -0.329 e. The zero-order valence-electron chi connectivity index (χ0n) is 12.0. The highest BCUT2D eigenvalue weighted by Gasteiger charge is 2.28. The Morgan fingerprint density at radius 1 is 1.37 bits per heavy atom. The average Bonchev–Trinajstić information content (AvgIpc) is 2.41. The van der Waals surface area contributed by atoms with Crippen LogP contribution in [-0.2, 0) is 6.42 Å². The smallest absolute Gasteiger partial charge is 0.123 e. The van der Waals surface area contributed by atoms with Crippen molar-refractivity contribution >= 4 is 0 Å². The van der Waals surface area contributed by atoms with Gasteiger partial charge in [-0.25, -0.2) is 4.39 Å². The van der Waals surface area contributed by atoms with E-state index in [0.717, 1.165) is 25.4 Å². The van der Waals surface area contributed by atoms with Crippen LogP contribution in [0.15, 0.2) is 24.3 Å². The zero-order valence-corrected chi connectivity index (χ0v) is 12.0. The number of rotatable bonds is 4. The molecule has 3 heteroatoms. The number of nitrogens with zero attached hydrogens (tertiary/aromatic N) is 1. The van der Waals surface area contributed by atoms with Gasteiger partial charge in [0, 0.05) is 18.6 Å². The van der Waals surface area contributed by atoms with Crippen LogP contribution in [0.4, 0.5) is 4.39 Å². The van der Waals surface area contributed by atoms with Crippen molar-refractivity contribution < 1.29 is 4.39 Å². The van der Waals surface area contributed by atoms with E-state index < -0.39 is 0 Å². The second kappa shape index (κ2) is 6.49. The number of piperidine rings is 1. The van der Waals surface area contributed by atoms with Gasteiger partial charge in [0.25, 0.3) is 0 Å². The second-order valence-corrected chi connectivity index (χ2v) is 5.94. The van der Waals surface area contributed by atoms with Crippen LogP contribution in [0.5, 0.6) is 0 Å². The fraction of sp³-hybridized carbons (Fsp3) is 0.625. The van der Waals surface area contributed by atoms with Crippen LogP contribution in [0.3, 0.4) is 0 Å². The van der Waals surface area contributed by atoms with Crippen molar-refractivity contribution in [3.8, 4) is 0 Å². The molecule has 2 nitrogen and oxygen atoms in total. The van der Waals surface area contributed by atoms with Gasteiger partial charge in [0.05, 0.1) is 0 Å². The summed E-state index contributed by atoms with van der Waals surface area (Å²) in [6, 6.07) is 7.82. The lowest BCUT2D eigenvalue weighted by molar-refractivity contribution is 0.0835. The maximum Gasteiger partial charge on any atom is 0.123 e. The molecule has 0 aromatic heterocycles. The van der Waals surface area contributed by atoms with E-state index in [0.29, 0.717) is 12.1 Å². The summed E-state index contributed by atoms with van der Waals surface area (Å²) >= 11 is 0. The zero-order chi connectivity index (χ0) is 13.8. The van der Waals surface area contributed by atoms with Gasteiger partial charge in [0.2, 0.25) is 0 Å². The van der Waals surface area contributed by atoms with E-state index in [2.05, 4.69) is 18.7 Å². The molecule has 2 N–H and O–H groups in total. The topological polar surface area (TPSA) is 29.3 Å². The molecule has 0 bridgehead atoms. The molecule has 1 aromatic rings. The molecule has 1 heterocycles. The van der Waals surface area contributed by atoms with Crippen LogP contribution in [0.1, 0.15) is 32.3 Å². The number of halogens is 1. The van der Waals surface area contributed by atoms with Crippen molar-refractivity contribution in [1.29, 1.82) is 0 Å². The molecular weight excluding hydrogens is 239 g/mol. The Morgan fingerprint density at radius 3 is 2.68 bits per heavy atom. The molecule has 0 saturated carbocycles. The number of likely N-dealkylation sites (tertiary alicyclic amines) is 1. The summed E-state index contributed by atoms with van der Waals surface area (Å²) in [7, 11) is 0. The Labute approximate surface area is 115 Å². The van der Waals surface area contributed by atoms with Gasteiger partial charge < -0.3 is 5.73 Å². The summed E-state index contributed by atoms with van der Waals surface area (Å²) in [6.45, 7) is 6.43. The van der Waals surface area contributed by atoms with Crippen LogP contribution >= 0.6 is 0 Å².